The minimum absolute atomic E-state index is 0. The van der Waals surface area contributed by atoms with Crippen LogP contribution in [0.1, 0.15) is 72.8 Å². The molecule has 5 rings (SSSR count). The number of Topliss-reactive ketones (excluding diaryl/α,β-unsaturated/α-hetero) is 1. The number of ketones is 1. The van der Waals surface area contributed by atoms with Crippen LogP contribution in [-0.4, -0.2) is 66.2 Å². The highest BCUT2D eigenvalue weighted by atomic mass is 32.1. The van der Waals surface area contributed by atoms with Gasteiger partial charge in [0.15, 0.2) is 0 Å². The number of rotatable bonds is 2. The lowest BCUT2D eigenvalue weighted by atomic mass is 9.97. The summed E-state index contributed by atoms with van der Waals surface area (Å²) >= 11 is 1.54. The van der Waals surface area contributed by atoms with Crippen molar-refractivity contribution in [3.05, 3.63) is 27.4 Å². The average Bonchev–Trinajstić information content (AvgIpc) is 3.26. The number of primary amides is 2. The molecule has 4 atom stereocenters. The van der Waals surface area contributed by atoms with Gasteiger partial charge in [-0.15, -0.1) is 11.3 Å². The highest BCUT2D eigenvalue weighted by Crippen LogP contribution is 2.48. The SMILES string of the molecule is C.CN1C2CC[C@@H]1CCC2=O.CN1C2CC[C@@H]1Cc1sc(N)c(C(N)=O)c12.[C-]#[N+]CC(N)=O. The minimum atomic E-state index is -0.565. The molecule has 0 spiro atoms. The topological polar surface area (TPSA) is 140 Å². The second kappa shape index (κ2) is 11.1. The first-order chi connectivity index (χ1) is 15.1. The lowest BCUT2D eigenvalue weighted by Gasteiger charge is -2.31. The van der Waals surface area contributed by atoms with Crippen molar-refractivity contribution in [3.63, 3.8) is 0 Å². The van der Waals surface area contributed by atoms with E-state index in [4.69, 9.17) is 18.0 Å². The quantitative estimate of drug-likeness (QED) is 0.558. The minimum Gasteiger partial charge on any atom is -0.390 e. The molecule has 4 bridgehead atoms. The number of hydrogen-bond acceptors (Lipinski definition) is 7. The molecule has 4 aliphatic rings. The summed E-state index contributed by atoms with van der Waals surface area (Å²) in [6, 6.07) is 1.99. The molecular weight excluding hydrogens is 440 g/mol. The highest BCUT2D eigenvalue weighted by molar-refractivity contribution is 7.16. The fourth-order valence-corrected chi connectivity index (χ4v) is 6.59. The summed E-state index contributed by atoms with van der Waals surface area (Å²) in [6.07, 6.45) is 7.63. The third-order valence-corrected chi connectivity index (χ3v) is 8.12. The number of amides is 2. The van der Waals surface area contributed by atoms with Crippen LogP contribution in [0.15, 0.2) is 0 Å². The van der Waals surface area contributed by atoms with Gasteiger partial charge in [-0.2, -0.15) is 0 Å². The van der Waals surface area contributed by atoms with Crippen molar-refractivity contribution < 1.29 is 14.4 Å². The maximum atomic E-state index is 11.5. The average molecular weight is 477 g/mol. The predicted molar refractivity (Wildman–Crippen MR) is 131 cm³/mol. The predicted octanol–water partition coefficient (Wildman–Crippen LogP) is 1.96. The number of hydrogen-bond donors (Lipinski definition) is 3. The van der Waals surface area contributed by atoms with Gasteiger partial charge in [0.25, 0.3) is 18.4 Å². The fraction of sp³-hybridized carbons (Fsp3) is 0.652. The van der Waals surface area contributed by atoms with Gasteiger partial charge in [0.05, 0.1) is 16.6 Å². The van der Waals surface area contributed by atoms with E-state index < -0.39 is 5.91 Å². The summed E-state index contributed by atoms with van der Waals surface area (Å²) in [7, 11) is 4.21. The van der Waals surface area contributed by atoms with E-state index >= 15 is 0 Å². The Labute approximate surface area is 200 Å². The number of piperidine rings is 1. The van der Waals surface area contributed by atoms with Crippen LogP contribution in [0.25, 0.3) is 4.85 Å². The number of nitrogen functional groups attached to an aromatic ring is 1. The van der Waals surface area contributed by atoms with Crippen molar-refractivity contribution in [2.75, 3.05) is 26.4 Å². The molecule has 2 amide bonds. The van der Waals surface area contributed by atoms with Gasteiger partial charge < -0.3 is 22.0 Å². The Morgan fingerprint density at radius 2 is 1.67 bits per heavy atom. The molecule has 1 aromatic heterocycles. The summed E-state index contributed by atoms with van der Waals surface area (Å²) in [5.74, 6) is -0.477. The summed E-state index contributed by atoms with van der Waals surface area (Å²) in [4.78, 5) is 40.9. The first-order valence-electron chi connectivity index (χ1n) is 10.9. The summed E-state index contributed by atoms with van der Waals surface area (Å²) in [5.41, 5.74) is 17.6. The number of likely N-dealkylation sites (N-methyl/N-ethyl adjacent to an activating group) is 2. The lowest BCUT2D eigenvalue weighted by Crippen LogP contribution is -2.42. The summed E-state index contributed by atoms with van der Waals surface area (Å²) in [6.45, 7) is 5.86. The van der Waals surface area contributed by atoms with Gasteiger partial charge in [0, 0.05) is 29.4 Å². The summed E-state index contributed by atoms with van der Waals surface area (Å²) < 4.78 is 0. The number of anilines is 1. The van der Waals surface area contributed by atoms with Crippen molar-refractivity contribution in [2.45, 2.75) is 76.5 Å². The monoisotopic (exact) mass is 476 g/mol. The molecule has 9 nitrogen and oxygen atoms in total. The summed E-state index contributed by atoms with van der Waals surface area (Å²) in [5, 5.41) is 0.596. The Bertz CT molecular complexity index is 939. The zero-order valence-electron chi connectivity index (χ0n) is 18.7. The number of fused-ring (bicyclic) bond motifs is 6. The van der Waals surface area contributed by atoms with Crippen molar-refractivity contribution in [3.8, 4) is 0 Å². The molecule has 2 unspecified atom stereocenters. The normalized spacial score (nSPS) is 27.1. The number of thiophene rings is 1. The molecule has 4 aliphatic heterocycles. The van der Waals surface area contributed by atoms with Gasteiger partial charge in [0.1, 0.15) is 5.78 Å². The molecule has 3 saturated heterocycles. The van der Waals surface area contributed by atoms with E-state index in [0.29, 0.717) is 34.5 Å². The van der Waals surface area contributed by atoms with Crippen molar-refractivity contribution in [1.29, 1.82) is 0 Å². The molecule has 6 N–H and O–H groups in total. The lowest BCUT2D eigenvalue weighted by molar-refractivity contribution is -0.125. The second-order valence-electron chi connectivity index (χ2n) is 8.86. The van der Waals surface area contributed by atoms with Crippen LogP contribution in [0.4, 0.5) is 5.00 Å². The Morgan fingerprint density at radius 3 is 2.21 bits per heavy atom. The van der Waals surface area contributed by atoms with E-state index in [1.54, 1.807) is 11.3 Å². The Morgan fingerprint density at radius 1 is 1.06 bits per heavy atom. The Balaban J connectivity index is 0.000000195. The number of nitrogens with zero attached hydrogens (tertiary/aromatic N) is 3. The van der Waals surface area contributed by atoms with E-state index in [-0.39, 0.29) is 19.9 Å². The molecule has 3 fully saturated rings. The molecular formula is C23H36N6O3S. The van der Waals surface area contributed by atoms with Crippen molar-refractivity contribution in [2.24, 2.45) is 11.5 Å². The first kappa shape index (κ1) is 26.8. The van der Waals surface area contributed by atoms with E-state index in [1.807, 2.05) is 0 Å². The van der Waals surface area contributed by atoms with Crippen molar-refractivity contribution >= 4 is 33.9 Å². The maximum Gasteiger partial charge on any atom is 0.297 e. The van der Waals surface area contributed by atoms with Gasteiger partial charge in [-0.3, -0.25) is 24.2 Å². The van der Waals surface area contributed by atoms with Gasteiger partial charge >= 0.3 is 0 Å². The number of nitrogens with two attached hydrogens (primary N) is 3. The van der Waals surface area contributed by atoms with Gasteiger partial charge in [-0.25, -0.2) is 6.57 Å². The van der Waals surface area contributed by atoms with E-state index in [2.05, 4.69) is 34.5 Å². The van der Waals surface area contributed by atoms with Crippen molar-refractivity contribution in [1.82, 2.24) is 9.80 Å². The molecule has 0 aliphatic carbocycles. The molecule has 0 aromatic carbocycles. The van der Waals surface area contributed by atoms with Crippen LogP contribution in [0.2, 0.25) is 0 Å². The van der Waals surface area contributed by atoms with E-state index in [0.717, 1.165) is 43.7 Å². The molecule has 1 aromatic rings. The smallest absolute Gasteiger partial charge is 0.297 e. The first-order valence-corrected chi connectivity index (χ1v) is 11.8. The van der Waals surface area contributed by atoms with E-state index in [1.165, 1.54) is 17.7 Å². The largest absolute Gasteiger partial charge is 0.390 e. The van der Waals surface area contributed by atoms with E-state index in [9.17, 15) is 14.4 Å². The standard InChI is InChI=1S/C11H15N3OS.C8H13NO.C3H4N2O.CH4/c1-14-5-2-3-6(14)8-7(4-5)16-11(13)9(8)10(12)15;1-9-6-2-4-7(9)8(10)5-3-6;1-5-2-3(4)6;/h5-6H,2-4,13H2,1H3,(H2,12,15);6-7H,2-5H2,1H3;2H2,(H2,4,6);1H4/t5-,6?;6-,7?;;/m11../s1. The fourth-order valence-electron chi connectivity index (χ4n) is 5.39. The third-order valence-electron chi connectivity index (χ3n) is 7.06. The molecule has 0 saturated carbocycles. The zero-order valence-corrected chi connectivity index (χ0v) is 19.5. The molecule has 10 heteroatoms. The number of carbonyl (C=O) groups excluding carboxylic acids is 3. The Hall–Kier alpha value is -2.48. The molecule has 5 heterocycles. The van der Waals surface area contributed by atoms with Gasteiger partial charge in [-0.05, 0) is 58.2 Å². The molecule has 33 heavy (non-hydrogen) atoms. The van der Waals surface area contributed by atoms with Crippen LogP contribution in [-0.2, 0) is 16.0 Å². The number of carbonyl (C=O) groups is 3. The maximum absolute atomic E-state index is 11.5. The Kier molecular flexibility index (Phi) is 9.00. The molecule has 182 valence electrons. The van der Waals surface area contributed by atoms with Crippen LogP contribution in [0, 0.1) is 6.57 Å². The van der Waals surface area contributed by atoms with Gasteiger partial charge in [0.2, 0.25) is 0 Å². The zero-order chi connectivity index (χ0) is 23.6. The van der Waals surface area contributed by atoms with Crippen LogP contribution < -0.4 is 17.2 Å². The highest BCUT2D eigenvalue weighted by Gasteiger charge is 2.41. The van der Waals surface area contributed by atoms with Crippen LogP contribution >= 0.6 is 11.3 Å². The third kappa shape index (κ3) is 5.54. The van der Waals surface area contributed by atoms with Crippen LogP contribution in [0.5, 0.6) is 0 Å². The molecule has 0 radical (unpaired) electrons. The van der Waals surface area contributed by atoms with Crippen LogP contribution in [0.3, 0.4) is 0 Å². The van der Waals surface area contributed by atoms with Gasteiger partial charge in [-0.1, -0.05) is 7.43 Å². The second-order valence-corrected chi connectivity index (χ2v) is 10.00.